The summed E-state index contributed by atoms with van der Waals surface area (Å²) in [6, 6.07) is 2.06. The number of nitrogens with one attached hydrogen (secondary N) is 2. The van der Waals surface area contributed by atoms with E-state index in [0.717, 1.165) is 24.3 Å². The van der Waals surface area contributed by atoms with Crippen LogP contribution in [0.15, 0.2) is 10.6 Å². The molecule has 0 aliphatic heterocycles. The second kappa shape index (κ2) is 3.69. The van der Waals surface area contributed by atoms with Gasteiger partial charge in [0.1, 0.15) is 11.5 Å². The first-order valence-electron chi connectivity index (χ1n) is 4.70. The number of hydrogen-bond donors (Lipinski definition) is 2. The van der Waals surface area contributed by atoms with E-state index in [9.17, 15) is 4.79 Å². The number of aryl methyl sites for hydroxylation is 1. The van der Waals surface area contributed by atoms with Crippen molar-refractivity contribution >= 4 is 6.03 Å². The molecule has 0 bridgehead atoms. The maximum atomic E-state index is 11.2. The zero-order chi connectivity index (χ0) is 9.97. The Balaban J connectivity index is 1.73. The SMILES string of the molecule is Cc1cc(CNC(=O)NC2CC2)no1. The zero-order valence-electron chi connectivity index (χ0n) is 8.04. The molecule has 0 saturated heterocycles. The normalized spacial score (nSPS) is 15.2. The molecule has 5 nitrogen and oxygen atoms in total. The minimum absolute atomic E-state index is 0.131. The first-order valence-corrected chi connectivity index (χ1v) is 4.70. The van der Waals surface area contributed by atoms with Crippen LogP contribution in [0, 0.1) is 6.92 Å². The van der Waals surface area contributed by atoms with Gasteiger partial charge in [0.15, 0.2) is 0 Å². The average Bonchev–Trinajstić information content (AvgIpc) is 2.85. The molecule has 2 amide bonds. The molecule has 0 aromatic carbocycles. The predicted molar refractivity (Wildman–Crippen MR) is 49.6 cm³/mol. The molecule has 0 radical (unpaired) electrons. The van der Waals surface area contributed by atoms with Crippen LogP contribution in [0.3, 0.4) is 0 Å². The monoisotopic (exact) mass is 195 g/mol. The third-order valence-corrected chi connectivity index (χ3v) is 2.02. The van der Waals surface area contributed by atoms with Crippen molar-refractivity contribution in [2.45, 2.75) is 32.4 Å². The van der Waals surface area contributed by atoms with Crippen molar-refractivity contribution in [1.82, 2.24) is 15.8 Å². The summed E-state index contributed by atoms with van der Waals surface area (Å²) in [6.45, 7) is 2.23. The van der Waals surface area contributed by atoms with Gasteiger partial charge in [-0.2, -0.15) is 0 Å². The molecule has 1 fully saturated rings. The van der Waals surface area contributed by atoms with Crippen LogP contribution in [-0.2, 0) is 6.54 Å². The number of hydrogen-bond acceptors (Lipinski definition) is 3. The molecule has 1 aromatic rings. The summed E-state index contributed by atoms with van der Waals surface area (Å²) in [5, 5.41) is 9.30. The average molecular weight is 195 g/mol. The fourth-order valence-electron chi connectivity index (χ4n) is 1.14. The molecule has 2 rings (SSSR count). The lowest BCUT2D eigenvalue weighted by atomic mass is 10.4. The molecule has 1 aliphatic rings. The van der Waals surface area contributed by atoms with E-state index in [1.807, 2.05) is 6.92 Å². The Hall–Kier alpha value is -1.52. The van der Waals surface area contributed by atoms with E-state index in [2.05, 4.69) is 15.8 Å². The maximum absolute atomic E-state index is 11.2. The number of rotatable bonds is 3. The van der Waals surface area contributed by atoms with E-state index in [1.165, 1.54) is 0 Å². The Labute approximate surface area is 81.8 Å². The van der Waals surface area contributed by atoms with Gasteiger partial charge in [-0.3, -0.25) is 0 Å². The van der Waals surface area contributed by atoms with Crippen LogP contribution in [0.25, 0.3) is 0 Å². The number of carbonyl (C=O) groups is 1. The summed E-state index contributed by atoms with van der Waals surface area (Å²) < 4.78 is 4.87. The summed E-state index contributed by atoms with van der Waals surface area (Å²) in [7, 11) is 0. The minimum atomic E-state index is -0.131. The summed E-state index contributed by atoms with van der Waals surface area (Å²) in [5.41, 5.74) is 0.744. The van der Waals surface area contributed by atoms with E-state index >= 15 is 0 Å². The highest BCUT2D eigenvalue weighted by Crippen LogP contribution is 2.18. The second-order valence-corrected chi connectivity index (χ2v) is 3.53. The molecule has 0 atom stereocenters. The lowest BCUT2D eigenvalue weighted by molar-refractivity contribution is 0.240. The highest BCUT2D eigenvalue weighted by molar-refractivity contribution is 5.74. The van der Waals surface area contributed by atoms with Crippen LogP contribution in [0.4, 0.5) is 4.79 Å². The van der Waals surface area contributed by atoms with Gasteiger partial charge < -0.3 is 15.2 Å². The first-order chi connectivity index (χ1) is 6.74. The van der Waals surface area contributed by atoms with E-state index in [4.69, 9.17) is 4.52 Å². The highest BCUT2D eigenvalue weighted by atomic mass is 16.5. The number of nitrogens with zero attached hydrogens (tertiary/aromatic N) is 1. The Morgan fingerprint density at radius 2 is 2.50 bits per heavy atom. The Morgan fingerprint density at radius 1 is 1.71 bits per heavy atom. The van der Waals surface area contributed by atoms with Crippen LogP contribution < -0.4 is 10.6 Å². The third kappa shape index (κ3) is 2.48. The summed E-state index contributed by atoms with van der Waals surface area (Å²) >= 11 is 0. The van der Waals surface area contributed by atoms with Gasteiger partial charge in [0, 0.05) is 12.1 Å². The van der Waals surface area contributed by atoms with Crippen LogP contribution in [0.5, 0.6) is 0 Å². The van der Waals surface area contributed by atoms with Gasteiger partial charge in [0.05, 0.1) is 6.54 Å². The minimum Gasteiger partial charge on any atom is -0.361 e. The predicted octanol–water partition coefficient (Wildman–Crippen LogP) is 0.945. The van der Waals surface area contributed by atoms with Gasteiger partial charge >= 0.3 is 6.03 Å². The fourth-order valence-corrected chi connectivity index (χ4v) is 1.14. The molecule has 5 heteroatoms. The maximum Gasteiger partial charge on any atom is 0.315 e. The first kappa shape index (κ1) is 9.05. The largest absolute Gasteiger partial charge is 0.361 e. The van der Waals surface area contributed by atoms with E-state index in [-0.39, 0.29) is 6.03 Å². The van der Waals surface area contributed by atoms with E-state index < -0.39 is 0 Å². The molecule has 1 heterocycles. The molecular weight excluding hydrogens is 182 g/mol. The molecule has 0 spiro atoms. The van der Waals surface area contributed by atoms with Crippen LogP contribution in [-0.4, -0.2) is 17.2 Å². The van der Waals surface area contributed by atoms with Crippen molar-refractivity contribution in [3.63, 3.8) is 0 Å². The molecule has 2 N–H and O–H groups in total. The Kier molecular flexibility index (Phi) is 2.39. The van der Waals surface area contributed by atoms with E-state index in [0.29, 0.717) is 12.6 Å². The van der Waals surface area contributed by atoms with Crippen molar-refractivity contribution in [3.05, 3.63) is 17.5 Å². The molecule has 1 aromatic heterocycles. The molecule has 0 unspecified atom stereocenters. The highest BCUT2D eigenvalue weighted by Gasteiger charge is 2.22. The van der Waals surface area contributed by atoms with Crippen molar-refractivity contribution in [2.24, 2.45) is 0 Å². The second-order valence-electron chi connectivity index (χ2n) is 3.53. The summed E-state index contributed by atoms with van der Waals surface area (Å²) in [4.78, 5) is 11.2. The Morgan fingerprint density at radius 3 is 3.07 bits per heavy atom. The fraction of sp³-hybridized carbons (Fsp3) is 0.556. The van der Waals surface area contributed by atoms with Crippen molar-refractivity contribution < 1.29 is 9.32 Å². The Bertz CT molecular complexity index is 331. The van der Waals surface area contributed by atoms with Gasteiger partial charge in [0.25, 0.3) is 0 Å². The van der Waals surface area contributed by atoms with Gasteiger partial charge in [-0.1, -0.05) is 5.16 Å². The number of amides is 2. The smallest absolute Gasteiger partial charge is 0.315 e. The van der Waals surface area contributed by atoms with Crippen molar-refractivity contribution in [1.29, 1.82) is 0 Å². The third-order valence-electron chi connectivity index (χ3n) is 2.02. The molecular formula is C9H13N3O2. The molecule has 1 saturated carbocycles. The van der Waals surface area contributed by atoms with Gasteiger partial charge in [-0.15, -0.1) is 0 Å². The quantitative estimate of drug-likeness (QED) is 0.754. The summed E-state index contributed by atoms with van der Waals surface area (Å²) in [6.07, 6.45) is 2.19. The molecule has 14 heavy (non-hydrogen) atoms. The summed E-state index contributed by atoms with van der Waals surface area (Å²) in [5.74, 6) is 0.754. The van der Waals surface area contributed by atoms with Crippen LogP contribution >= 0.6 is 0 Å². The number of carbonyl (C=O) groups excluding carboxylic acids is 1. The van der Waals surface area contributed by atoms with Gasteiger partial charge in [-0.25, -0.2) is 4.79 Å². The topological polar surface area (TPSA) is 67.2 Å². The number of aromatic nitrogens is 1. The number of urea groups is 1. The van der Waals surface area contributed by atoms with Gasteiger partial charge in [-0.05, 0) is 19.8 Å². The zero-order valence-corrected chi connectivity index (χ0v) is 8.04. The van der Waals surface area contributed by atoms with Crippen LogP contribution in [0.1, 0.15) is 24.3 Å². The standard InChI is InChI=1S/C9H13N3O2/c1-6-4-8(12-14-6)5-10-9(13)11-7-2-3-7/h4,7H,2-3,5H2,1H3,(H2,10,11,13). The molecule has 1 aliphatic carbocycles. The lowest BCUT2D eigenvalue weighted by Gasteiger charge is -2.03. The van der Waals surface area contributed by atoms with E-state index in [1.54, 1.807) is 6.07 Å². The van der Waals surface area contributed by atoms with Crippen molar-refractivity contribution in [2.75, 3.05) is 0 Å². The van der Waals surface area contributed by atoms with Gasteiger partial charge in [0.2, 0.25) is 0 Å². The molecule has 76 valence electrons. The lowest BCUT2D eigenvalue weighted by Crippen LogP contribution is -2.36. The van der Waals surface area contributed by atoms with Crippen LogP contribution in [0.2, 0.25) is 0 Å². The van der Waals surface area contributed by atoms with Crippen molar-refractivity contribution in [3.8, 4) is 0 Å².